The first-order valence-electron chi connectivity index (χ1n) is 6.16. The summed E-state index contributed by atoms with van der Waals surface area (Å²) in [6.45, 7) is 3.26. The second-order valence-electron chi connectivity index (χ2n) is 5.11. The first-order valence-corrected chi connectivity index (χ1v) is 7.70. The zero-order chi connectivity index (χ0) is 14.2. The molecule has 0 aromatic heterocycles. The van der Waals surface area contributed by atoms with Crippen molar-refractivity contribution in [2.45, 2.75) is 38.0 Å². The lowest BCUT2D eigenvalue weighted by molar-refractivity contribution is 0.0696. The summed E-state index contributed by atoms with van der Waals surface area (Å²) in [6.07, 6.45) is 1.16. The molecule has 0 fully saturated rings. The van der Waals surface area contributed by atoms with E-state index < -0.39 is 21.2 Å². The SMILES string of the molecule is CC(C)S(=O)(=O)N[C@H]1Cc2ccc(C(=O)O)cc2C1. The summed E-state index contributed by atoms with van der Waals surface area (Å²) in [7, 11) is -3.29. The van der Waals surface area contributed by atoms with Crippen LogP contribution in [0.25, 0.3) is 0 Å². The Labute approximate surface area is 112 Å². The Balaban J connectivity index is 2.15. The minimum absolute atomic E-state index is 0.175. The van der Waals surface area contributed by atoms with Gasteiger partial charge in [-0.15, -0.1) is 0 Å². The molecule has 6 heteroatoms. The number of carbonyl (C=O) groups is 1. The van der Waals surface area contributed by atoms with Gasteiger partial charge in [-0.1, -0.05) is 6.07 Å². The topological polar surface area (TPSA) is 83.5 Å². The monoisotopic (exact) mass is 283 g/mol. The molecule has 1 atom stereocenters. The van der Waals surface area contributed by atoms with Crippen LogP contribution in [0.5, 0.6) is 0 Å². The van der Waals surface area contributed by atoms with Crippen LogP contribution in [0, 0.1) is 0 Å². The van der Waals surface area contributed by atoms with Crippen LogP contribution in [-0.2, 0) is 22.9 Å². The van der Waals surface area contributed by atoms with Gasteiger partial charge in [0, 0.05) is 6.04 Å². The third-order valence-electron chi connectivity index (χ3n) is 3.34. The number of benzene rings is 1. The fourth-order valence-electron chi connectivity index (χ4n) is 2.20. The fourth-order valence-corrected chi connectivity index (χ4v) is 3.11. The summed E-state index contributed by atoms with van der Waals surface area (Å²) in [5.41, 5.74) is 2.17. The van der Waals surface area contributed by atoms with Crippen LogP contribution in [0.1, 0.15) is 35.3 Å². The van der Waals surface area contributed by atoms with Gasteiger partial charge in [0.25, 0.3) is 0 Å². The second-order valence-corrected chi connectivity index (χ2v) is 7.37. The molecule has 0 saturated carbocycles. The van der Waals surface area contributed by atoms with E-state index in [0.29, 0.717) is 12.8 Å². The van der Waals surface area contributed by atoms with Crippen molar-refractivity contribution in [2.24, 2.45) is 0 Å². The highest BCUT2D eigenvalue weighted by Gasteiger charge is 2.27. The molecule has 1 aromatic carbocycles. The third kappa shape index (κ3) is 2.96. The second kappa shape index (κ2) is 4.94. The van der Waals surface area contributed by atoms with E-state index >= 15 is 0 Å². The highest BCUT2D eigenvalue weighted by Crippen LogP contribution is 2.24. The van der Waals surface area contributed by atoms with Crippen LogP contribution in [-0.4, -0.2) is 30.8 Å². The van der Waals surface area contributed by atoms with E-state index in [1.807, 2.05) is 0 Å². The molecule has 0 bridgehead atoms. The zero-order valence-corrected chi connectivity index (χ0v) is 11.7. The minimum atomic E-state index is -3.29. The van der Waals surface area contributed by atoms with Crippen molar-refractivity contribution in [1.29, 1.82) is 0 Å². The standard InChI is InChI=1S/C13H17NO4S/c1-8(2)19(17,18)14-12-6-9-3-4-10(13(15)16)5-11(9)7-12/h3-5,8,12,14H,6-7H2,1-2H3,(H,15,16)/t12-/m0/s1. The summed E-state index contributed by atoms with van der Waals surface area (Å²) in [6, 6.07) is 4.77. The van der Waals surface area contributed by atoms with Crippen molar-refractivity contribution in [1.82, 2.24) is 4.72 Å². The number of aromatic carboxylic acids is 1. The van der Waals surface area contributed by atoms with E-state index in [1.165, 1.54) is 0 Å². The lowest BCUT2D eigenvalue weighted by Gasteiger charge is -2.14. The van der Waals surface area contributed by atoms with Crippen molar-refractivity contribution in [3.8, 4) is 0 Å². The van der Waals surface area contributed by atoms with E-state index in [4.69, 9.17) is 5.11 Å². The highest BCUT2D eigenvalue weighted by atomic mass is 32.2. The predicted molar refractivity (Wildman–Crippen MR) is 71.8 cm³/mol. The molecule has 0 radical (unpaired) electrons. The summed E-state index contributed by atoms with van der Waals surface area (Å²) in [5.74, 6) is -0.964. The summed E-state index contributed by atoms with van der Waals surface area (Å²) < 4.78 is 26.3. The van der Waals surface area contributed by atoms with E-state index in [1.54, 1.807) is 32.0 Å². The number of carboxylic acid groups (broad SMARTS) is 1. The first-order chi connectivity index (χ1) is 8.79. The molecule has 0 amide bonds. The number of sulfonamides is 1. The van der Waals surface area contributed by atoms with Crippen molar-refractivity contribution in [2.75, 3.05) is 0 Å². The van der Waals surface area contributed by atoms with E-state index in [9.17, 15) is 13.2 Å². The van der Waals surface area contributed by atoms with Crippen molar-refractivity contribution < 1.29 is 18.3 Å². The Bertz CT molecular complexity index is 607. The Hall–Kier alpha value is -1.40. The molecule has 0 saturated heterocycles. The average Bonchev–Trinajstić information content (AvgIpc) is 2.68. The summed E-state index contributed by atoms with van der Waals surface area (Å²) in [5, 5.41) is 8.46. The average molecular weight is 283 g/mol. The largest absolute Gasteiger partial charge is 0.478 e. The molecule has 1 aromatic rings. The Kier molecular flexibility index (Phi) is 3.64. The van der Waals surface area contributed by atoms with Crippen LogP contribution in [0.2, 0.25) is 0 Å². The fraction of sp³-hybridized carbons (Fsp3) is 0.462. The number of fused-ring (bicyclic) bond motifs is 1. The summed E-state index contributed by atoms with van der Waals surface area (Å²) >= 11 is 0. The Morgan fingerprint density at radius 1 is 1.32 bits per heavy atom. The van der Waals surface area contributed by atoms with Crippen molar-refractivity contribution in [3.05, 3.63) is 34.9 Å². The number of rotatable bonds is 4. The Morgan fingerprint density at radius 3 is 2.53 bits per heavy atom. The van der Waals surface area contributed by atoms with Gasteiger partial charge >= 0.3 is 5.97 Å². The molecule has 5 nitrogen and oxygen atoms in total. The smallest absolute Gasteiger partial charge is 0.335 e. The van der Waals surface area contributed by atoms with Gasteiger partial charge in [-0.3, -0.25) is 0 Å². The molecule has 0 heterocycles. The molecule has 0 aliphatic heterocycles. The van der Waals surface area contributed by atoms with E-state index in [-0.39, 0.29) is 11.6 Å². The molecular formula is C13H17NO4S. The first kappa shape index (κ1) is 14.0. The third-order valence-corrected chi connectivity index (χ3v) is 5.24. The van der Waals surface area contributed by atoms with Gasteiger partial charge in [0.1, 0.15) is 0 Å². The van der Waals surface area contributed by atoms with Gasteiger partial charge in [-0.2, -0.15) is 0 Å². The number of carboxylic acids is 1. The van der Waals surface area contributed by atoms with Crippen LogP contribution in [0.15, 0.2) is 18.2 Å². The maximum absolute atomic E-state index is 11.8. The van der Waals surface area contributed by atoms with Crippen molar-refractivity contribution in [3.63, 3.8) is 0 Å². The molecule has 2 N–H and O–H groups in total. The molecule has 0 unspecified atom stereocenters. The lowest BCUT2D eigenvalue weighted by atomic mass is 10.1. The van der Waals surface area contributed by atoms with Crippen molar-refractivity contribution >= 4 is 16.0 Å². The van der Waals surface area contributed by atoms with Gasteiger partial charge in [0.05, 0.1) is 10.8 Å². The van der Waals surface area contributed by atoms with Crippen LogP contribution < -0.4 is 4.72 Å². The molecule has 1 aliphatic rings. The lowest BCUT2D eigenvalue weighted by Crippen LogP contribution is -2.39. The quantitative estimate of drug-likeness (QED) is 0.869. The highest BCUT2D eigenvalue weighted by molar-refractivity contribution is 7.90. The molecular weight excluding hydrogens is 266 g/mol. The van der Waals surface area contributed by atoms with E-state index in [0.717, 1.165) is 11.1 Å². The number of hydrogen-bond donors (Lipinski definition) is 2. The normalized spacial score (nSPS) is 18.6. The van der Waals surface area contributed by atoms with Crippen LogP contribution in [0.4, 0.5) is 0 Å². The zero-order valence-electron chi connectivity index (χ0n) is 10.9. The van der Waals surface area contributed by atoms with Gasteiger partial charge in [0.15, 0.2) is 0 Å². The molecule has 2 rings (SSSR count). The van der Waals surface area contributed by atoms with Crippen LogP contribution >= 0.6 is 0 Å². The van der Waals surface area contributed by atoms with Gasteiger partial charge in [0.2, 0.25) is 10.0 Å². The van der Waals surface area contributed by atoms with E-state index in [2.05, 4.69) is 4.72 Å². The predicted octanol–water partition coefficient (Wildman–Crippen LogP) is 1.18. The molecule has 1 aliphatic carbocycles. The number of hydrogen-bond acceptors (Lipinski definition) is 3. The van der Waals surface area contributed by atoms with Gasteiger partial charge in [-0.05, 0) is 49.9 Å². The molecule has 19 heavy (non-hydrogen) atoms. The van der Waals surface area contributed by atoms with Crippen LogP contribution in [0.3, 0.4) is 0 Å². The maximum atomic E-state index is 11.8. The van der Waals surface area contributed by atoms with Gasteiger partial charge < -0.3 is 5.11 Å². The summed E-state index contributed by atoms with van der Waals surface area (Å²) in [4.78, 5) is 10.9. The maximum Gasteiger partial charge on any atom is 0.335 e. The minimum Gasteiger partial charge on any atom is -0.478 e. The molecule has 0 spiro atoms. The number of nitrogens with one attached hydrogen (secondary N) is 1. The van der Waals surface area contributed by atoms with Gasteiger partial charge in [-0.25, -0.2) is 17.9 Å². The Morgan fingerprint density at radius 2 is 1.95 bits per heavy atom. The molecule has 104 valence electrons.